The van der Waals surface area contributed by atoms with Crippen molar-refractivity contribution in [1.29, 1.82) is 0 Å². The summed E-state index contributed by atoms with van der Waals surface area (Å²) in [6, 6.07) is 0. The van der Waals surface area contributed by atoms with E-state index in [9.17, 15) is 9.59 Å². The monoisotopic (exact) mass is 225 g/mol. The molecule has 0 aromatic carbocycles. The first-order valence-electron chi connectivity index (χ1n) is 4.79. The number of carbonyl (C=O) groups is 2. The van der Waals surface area contributed by atoms with Gasteiger partial charge in [0, 0.05) is 13.2 Å². The van der Waals surface area contributed by atoms with Crippen molar-refractivity contribution in [2.45, 2.75) is 6.92 Å². The number of aryl methyl sites for hydroxylation is 2. The second-order valence-corrected chi connectivity index (χ2v) is 3.33. The first-order chi connectivity index (χ1) is 7.52. The number of nitrogens with one attached hydrogen (secondary N) is 2. The molecule has 0 bridgehead atoms. The predicted octanol–water partition coefficient (Wildman–Crippen LogP) is -1.26. The van der Waals surface area contributed by atoms with Gasteiger partial charge < -0.3 is 16.4 Å². The lowest BCUT2D eigenvalue weighted by Crippen LogP contribution is -2.36. The van der Waals surface area contributed by atoms with E-state index >= 15 is 0 Å². The van der Waals surface area contributed by atoms with Gasteiger partial charge in [-0.25, -0.2) is 0 Å². The molecule has 0 spiro atoms. The summed E-state index contributed by atoms with van der Waals surface area (Å²) in [5, 5.41) is 9.08. The maximum Gasteiger partial charge on any atom is 0.243 e. The average Bonchev–Trinajstić information content (AvgIpc) is 2.54. The molecule has 1 rings (SSSR count). The highest BCUT2D eigenvalue weighted by Gasteiger charge is 2.08. The number of aromatic nitrogens is 2. The van der Waals surface area contributed by atoms with Crippen molar-refractivity contribution in [2.24, 2.45) is 12.8 Å². The van der Waals surface area contributed by atoms with Crippen molar-refractivity contribution < 1.29 is 9.59 Å². The van der Waals surface area contributed by atoms with Gasteiger partial charge in [0.05, 0.1) is 24.5 Å². The van der Waals surface area contributed by atoms with E-state index in [2.05, 4.69) is 15.7 Å². The van der Waals surface area contributed by atoms with Gasteiger partial charge >= 0.3 is 0 Å². The lowest BCUT2D eigenvalue weighted by molar-refractivity contribution is -0.123. The van der Waals surface area contributed by atoms with Gasteiger partial charge in [-0.15, -0.1) is 0 Å². The topological polar surface area (TPSA) is 102 Å². The number of nitrogens with zero attached hydrogens (tertiary/aromatic N) is 2. The second-order valence-electron chi connectivity index (χ2n) is 3.33. The van der Waals surface area contributed by atoms with Crippen LogP contribution in [-0.2, 0) is 16.6 Å². The van der Waals surface area contributed by atoms with E-state index in [4.69, 9.17) is 5.73 Å². The normalized spacial score (nSPS) is 9.94. The van der Waals surface area contributed by atoms with Gasteiger partial charge in [0.15, 0.2) is 0 Å². The van der Waals surface area contributed by atoms with Crippen molar-refractivity contribution in [3.05, 3.63) is 11.9 Å². The lowest BCUT2D eigenvalue weighted by atomic mass is 10.4. The Balaban J connectivity index is 2.46. The first kappa shape index (κ1) is 12.2. The first-order valence-corrected chi connectivity index (χ1v) is 4.79. The zero-order valence-electron chi connectivity index (χ0n) is 9.28. The van der Waals surface area contributed by atoms with E-state index in [0.717, 1.165) is 5.69 Å². The molecule has 0 radical (unpaired) electrons. The van der Waals surface area contributed by atoms with Crippen LogP contribution in [0.3, 0.4) is 0 Å². The molecule has 0 unspecified atom stereocenters. The summed E-state index contributed by atoms with van der Waals surface area (Å²) in [5.41, 5.74) is 6.44. The Morgan fingerprint density at radius 3 is 2.69 bits per heavy atom. The maximum atomic E-state index is 11.4. The van der Waals surface area contributed by atoms with Crippen LogP contribution in [0.1, 0.15) is 5.69 Å². The number of rotatable bonds is 4. The minimum atomic E-state index is -0.363. The maximum absolute atomic E-state index is 11.4. The van der Waals surface area contributed by atoms with Crippen molar-refractivity contribution in [3.63, 3.8) is 0 Å². The third kappa shape index (κ3) is 3.35. The van der Waals surface area contributed by atoms with Gasteiger partial charge in [-0.3, -0.25) is 14.3 Å². The SMILES string of the molecule is Cc1nn(C)cc1NC(=O)CNC(=O)CN. The molecule has 16 heavy (non-hydrogen) atoms. The lowest BCUT2D eigenvalue weighted by Gasteiger charge is -2.04. The summed E-state index contributed by atoms with van der Waals surface area (Å²) >= 11 is 0. The van der Waals surface area contributed by atoms with E-state index in [1.165, 1.54) is 0 Å². The summed E-state index contributed by atoms with van der Waals surface area (Å²) in [6.45, 7) is 1.57. The highest BCUT2D eigenvalue weighted by atomic mass is 16.2. The molecule has 4 N–H and O–H groups in total. The average molecular weight is 225 g/mol. The quantitative estimate of drug-likeness (QED) is 0.595. The van der Waals surface area contributed by atoms with Crippen LogP contribution in [-0.4, -0.2) is 34.7 Å². The minimum absolute atomic E-state index is 0.0929. The molecule has 0 aliphatic rings. The predicted molar refractivity (Wildman–Crippen MR) is 58.6 cm³/mol. The van der Waals surface area contributed by atoms with E-state index in [0.29, 0.717) is 5.69 Å². The van der Waals surface area contributed by atoms with Crippen LogP contribution >= 0.6 is 0 Å². The van der Waals surface area contributed by atoms with Crippen LogP contribution in [0.5, 0.6) is 0 Å². The fraction of sp³-hybridized carbons (Fsp3) is 0.444. The summed E-state index contributed by atoms with van der Waals surface area (Å²) in [5.74, 6) is -0.670. The molecule has 1 heterocycles. The summed E-state index contributed by atoms with van der Waals surface area (Å²) in [6.07, 6.45) is 1.69. The van der Waals surface area contributed by atoms with Crippen molar-refractivity contribution in [2.75, 3.05) is 18.4 Å². The van der Waals surface area contributed by atoms with Gasteiger partial charge in [0.25, 0.3) is 0 Å². The Morgan fingerprint density at radius 1 is 1.50 bits per heavy atom. The molecule has 7 nitrogen and oxygen atoms in total. The molecule has 1 aromatic rings. The molecule has 0 fully saturated rings. The van der Waals surface area contributed by atoms with Crippen LogP contribution < -0.4 is 16.4 Å². The Hall–Kier alpha value is -1.89. The van der Waals surface area contributed by atoms with Crippen molar-refractivity contribution in [3.8, 4) is 0 Å². The van der Waals surface area contributed by atoms with Crippen LogP contribution in [0.15, 0.2) is 6.20 Å². The van der Waals surface area contributed by atoms with Crippen molar-refractivity contribution in [1.82, 2.24) is 15.1 Å². The van der Waals surface area contributed by atoms with E-state index in [1.807, 2.05) is 0 Å². The Labute approximate surface area is 93.0 Å². The fourth-order valence-electron chi connectivity index (χ4n) is 1.17. The molecule has 88 valence electrons. The number of amides is 2. The molecule has 2 amide bonds. The number of hydrogen-bond acceptors (Lipinski definition) is 4. The van der Waals surface area contributed by atoms with Gasteiger partial charge in [-0.1, -0.05) is 0 Å². The standard InChI is InChI=1S/C9H15N5O2/c1-6-7(5-14(2)13-6)12-9(16)4-11-8(15)3-10/h5H,3-4,10H2,1-2H3,(H,11,15)(H,12,16). The summed E-state index contributed by atoms with van der Waals surface area (Å²) in [4.78, 5) is 22.2. The second kappa shape index (κ2) is 5.26. The Bertz CT molecular complexity index is 399. The van der Waals surface area contributed by atoms with E-state index < -0.39 is 0 Å². The van der Waals surface area contributed by atoms with Crippen LogP contribution in [0, 0.1) is 6.92 Å². The number of hydrogen-bond donors (Lipinski definition) is 3. The smallest absolute Gasteiger partial charge is 0.243 e. The fourth-order valence-corrected chi connectivity index (χ4v) is 1.17. The highest BCUT2D eigenvalue weighted by Crippen LogP contribution is 2.10. The molecule has 7 heteroatoms. The van der Waals surface area contributed by atoms with Crippen LogP contribution in [0.2, 0.25) is 0 Å². The molecular formula is C9H15N5O2. The Morgan fingerprint density at radius 2 is 2.19 bits per heavy atom. The minimum Gasteiger partial charge on any atom is -0.346 e. The van der Waals surface area contributed by atoms with Gasteiger partial charge in [-0.2, -0.15) is 5.10 Å². The third-order valence-corrected chi connectivity index (χ3v) is 1.92. The number of carbonyl (C=O) groups excluding carboxylic acids is 2. The molecule has 0 aliphatic heterocycles. The molecule has 0 saturated heterocycles. The number of nitrogens with two attached hydrogens (primary N) is 1. The van der Waals surface area contributed by atoms with Gasteiger partial charge in [0.2, 0.25) is 11.8 Å². The summed E-state index contributed by atoms with van der Waals surface area (Å²) in [7, 11) is 1.76. The third-order valence-electron chi connectivity index (χ3n) is 1.92. The molecule has 0 atom stereocenters. The van der Waals surface area contributed by atoms with Gasteiger partial charge in [-0.05, 0) is 6.92 Å². The largest absolute Gasteiger partial charge is 0.346 e. The van der Waals surface area contributed by atoms with Crippen LogP contribution in [0.4, 0.5) is 5.69 Å². The number of anilines is 1. The molecule has 0 aliphatic carbocycles. The van der Waals surface area contributed by atoms with E-state index in [1.54, 1.807) is 24.9 Å². The van der Waals surface area contributed by atoms with E-state index in [-0.39, 0.29) is 24.9 Å². The Kier molecular flexibility index (Phi) is 4.01. The zero-order valence-corrected chi connectivity index (χ0v) is 9.28. The van der Waals surface area contributed by atoms with Crippen molar-refractivity contribution >= 4 is 17.5 Å². The molecule has 1 aromatic heterocycles. The molecular weight excluding hydrogens is 210 g/mol. The highest BCUT2D eigenvalue weighted by molar-refractivity contribution is 5.94. The van der Waals surface area contributed by atoms with Crippen LogP contribution in [0.25, 0.3) is 0 Å². The zero-order chi connectivity index (χ0) is 12.1. The summed E-state index contributed by atoms with van der Waals surface area (Å²) < 4.78 is 1.60. The molecule has 0 saturated carbocycles. The van der Waals surface area contributed by atoms with Gasteiger partial charge in [0.1, 0.15) is 0 Å².